The van der Waals surface area contributed by atoms with Crippen molar-refractivity contribution in [3.8, 4) is 5.75 Å². The van der Waals surface area contributed by atoms with Gasteiger partial charge in [0.15, 0.2) is 5.58 Å². The molecule has 27 heavy (non-hydrogen) atoms. The fraction of sp³-hybridized carbons (Fsp3) is 0.381. The van der Waals surface area contributed by atoms with Gasteiger partial charge in [-0.2, -0.15) is 0 Å². The number of aromatic nitrogens is 1. The lowest BCUT2D eigenvalue weighted by Gasteiger charge is -2.36. The molecule has 0 N–H and O–H groups in total. The lowest BCUT2D eigenvalue weighted by atomic mass is 10.1. The maximum absolute atomic E-state index is 13.2. The molecule has 0 radical (unpaired) electrons. The van der Waals surface area contributed by atoms with E-state index in [4.69, 9.17) is 9.26 Å². The number of nitrogens with zero attached hydrogens (tertiary/aromatic N) is 3. The Morgan fingerprint density at radius 2 is 1.85 bits per heavy atom. The fourth-order valence-electron chi connectivity index (χ4n) is 3.64. The molecule has 2 heterocycles. The first kappa shape index (κ1) is 17.8. The molecular weight excluding hydrogens is 345 g/mol. The summed E-state index contributed by atoms with van der Waals surface area (Å²) < 4.78 is 23.7. The Morgan fingerprint density at radius 1 is 1.07 bits per heavy atom. The van der Waals surface area contributed by atoms with E-state index in [2.05, 4.69) is 27.1 Å². The lowest BCUT2D eigenvalue weighted by molar-refractivity contribution is 0.254. The molecule has 0 atom stereocenters. The van der Waals surface area contributed by atoms with Crippen LogP contribution in [0.4, 0.5) is 10.1 Å². The number of hydrogen-bond donors (Lipinski definition) is 0. The number of ether oxygens (including phenoxy) is 1. The monoisotopic (exact) mass is 369 g/mol. The SMILES string of the molecule is COc1ccc(N2CCN(CCCc3noc4cc(F)ccc34)CC2)cc1. The number of anilines is 1. The highest BCUT2D eigenvalue weighted by atomic mass is 19.1. The quantitative estimate of drug-likeness (QED) is 0.662. The molecule has 1 fully saturated rings. The zero-order valence-corrected chi connectivity index (χ0v) is 15.5. The van der Waals surface area contributed by atoms with Crippen LogP contribution in [0.25, 0.3) is 11.0 Å². The molecule has 0 amide bonds. The number of piperazine rings is 1. The molecule has 0 saturated carbocycles. The van der Waals surface area contributed by atoms with Crippen molar-refractivity contribution >= 4 is 16.7 Å². The Labute approximate surface area is 158 Å². The van der Waals surface area contributed by atoms with Gasteiger partial charge < -0.3 is 14.2 Å². The van der Waals surface area contributed by atoms with Gasteiger partial charge >= 0.3 is 0 Å². The largest absolute Gasteiger partial charge is 0.497 e. The van der Waals surface area contributed by atoms with Gasteiger partial charge in [-0.1, -0.05) is 5.16 Å². The van der Waals surface area contributed by atoms with Gasteiger partial charge in [-0.25, -0.2) is 4.39 Å². The Hall–Kier alpha value is -2.60. The Morgan fingerprint density at radius 3 is 2.59 bits per heavy atom. The van der Waals surface area contributed by atoms with E-state index in [1.807, 2.05) is 12.1 Å². The van der Waals surface area contributed by atoms with E-state index in [9.17, 15) is 4.39 Å². The van der Waals surface area contributed by atoms with Crippen molar-refractivity contribution in [1.29, 1.82) is 0 Å². The summed E-state index contributed by atoms with van der Waals surface area (Å²) in [6, 6.07) is 12.9. The fourth-order valence-corrected chi connectivity index (χ4v) is 3.64. The summed E-state index contributed by atoms with van der Waals surface area (Å²) in [6.07, 6.45) is 1.86. The molecule has 0 aliphatic carbocycles. The summed E-state index contributed by atoms with van der Waals surface area (Å²) in [5, 5.41) is 5.02. The second-order valence-corrected chi connectivity index (χ2v) is 6.90. The van der Waals surface area contributed by atoms with Crippen molar-refractivity contribution in [2.75, 3.05) is 44.7 Å². The lowest BCUT2D eigenvalue weighted by Crippen LogP contribution is -2.46. The van der Waals surface area contributed by atoms with Crippen molar-refractivity contribution < 1.29 is 13.7 Å². The van der Waals surface area contributed by atoms with Crippen molar-refractivity contribution in [1.82, 2.24) is 10.1 Å². The molecule has 4 rings (SSSR count). The van der Waals surface area contributed by atoms with Crippen LogP contribution in [0.2, 0.25) is 0 Å². The number of halogens is 1. The normalized spacial score (nSPS) is 15.4. The minimum atomic E-state index is -0.292. The first-order valence-electron chi connectivity index (χ1n) is 9.38. The van der Waals surface area contributed by atoms with Crippen molar-refractivity contribution in [2.24, 2.45) is 0 Å². The highest BCUT2D eigenvalue weighted by Gasteiger charge is 2.17. The summed E-state index contributed by atoms with van der Waals surface area (Å²) in [6.45, 7) is 5.19. The maximum Gasteiger partial charge on any atom is 0.170 e. The average Bonchev–Trinajstić information content (AvgIpc) is 3.10. The van der Waals surface area contributed by atoms with Crippen LogP contribution in [0.5, 0.6) is 5.75 Å². The molecule has 3 aromatic rings. The summed E-state index contributed by atoms with van der Waals surface area (Å²) in [5.41, 5.74) is 2.69. The minimum Gasteiger partial charge on any atom is -0.497 e. The second kappa shape index (κ2) is 7.96. The van der Waals surface area contributed by atoms with E-state index in [-0.39, 0.29) is 5.82 Å². The topological polar surface area (TPSA) is 41.7 Å². The van der Waals surface area contributed by atoms with Crippen molar-refractivity contribution in [3.63, 3.8) is 0 Å². The van der Waals surface area contributed by atoms with Gasteiger partial charge in [0.2, 0.25) is 0 Å². The molecule has 6 heteroatoms. The smallest absolute Gasteiger partial charge is 0.170 e. The van der Waals surface area contributed by atoms with Crippen LogP contribution in [0.1, 0.15) is 12.1 Å². The molecule has 1 aromatic heterocycles. The number of rotatable bonds is 6. The van der Waals surface area contributed by atoms with Gasteiger partial charge in [-0.15, -0.1) is 0 Å². The summed E-state index contributed by atoms with van der Waals surface area (Å²) in [5.74, 6) is 0.598. The molecule has 5 nitrogen and oxygen atoms in total. The average molecular weight is 369 g/mol. The molecule has 1 aliphatic heterocycles. The number of hydrogen-bond acceptors (Lipinski definition) is 5. The molecular formula is C21H24FN3O2. The number of methoxy groups -OCH3 is 1. The van der Waals surface area contributed by atoms with Crippen LogP contribution in [-0.2, 0) is 6.42 Å². The third-order valence-electron chi connectivity index (χ3n) is 5.21. The highest BCUT2D eigenvalue weighted by Crippen LogP contribution is 2.22. The minimum absolute atomic E-state index is 0.292. The predicted molar refractivity (Wildman–Crippen MR) is 104 cm³/mol. The summed E-state index contributed by atoms with van der Waals surface area (Å²) in [7, 11) is 1.69. The van der Waals surface area contributed by atoms with E-state index in [0.29, 0.717) is 5.58 Å². The molecule has 0 unspecified atom stereocenters. The third kappa shape index (κ3) is 4.06. The van der Waals surface area contributed by atoms with Crippen LogP contribution in [0.15, 0.2) is 47.0 Å². The van der Waals surface area contributed by atoms with Crippen molar-refractivity contribution in [2.45, 2.75) is 12.8 Å². The zero-order chi connectivity index (χ0) is 18.6. The first-order chi connectivity index (χ1) is 13.2. The molecule has 2 aromatic carbocycles. The van der Waals surface area contributed by atoms with E-state index < -0.39 is 0 Å². The Bertz CT molecular complexity index is 886. The first-order valence-corrected chi connectivity index (χ1v) is 9.38. The van der Waals surface area contributed by atoms with Crippen LogP contribution in [0, 0.1) is 5.82 Å². The van der Waals surface area contributed by atoms with Crippen molar-refractivity contribution in [3.05, 3.63) is 54.0 Å². The standard InChI is InChI=1S/C21H24FN3O2/c1-26-18-7-5-17(6-8-18)25-13-11-24(12-14-25)10-2-3-20-19-9-4-16(22)15-21(19)27-23-20/h4-9,15H,2-3,10-14H2,1H3. The molecule has 142 valence electrons. The number of fused-ring (bicyclic) bond motifs is 1. The summed E-state index contributed by atoms with van der Waals surface area (Å²) >= 11 is 0. The Balaban J connectivity index is 1.25. The second-order valence-electron chi connectivity index (χ2n) is 6.90. The third-order valence-corrected chi connectivity index (χ3v) is 5.21. The highest BCUT2D eigenvalue weighted by molar-refractivity contribution is 5.79. The zero-order valence-electron chi connectivity index (χ0n) is 15.5. The van der Waals surface area contributed by atoms with Crippen LogP contribution in [0.3, 0.4) is 0 Å². The molecule has 1 saturated heterocycles. The maximum atomic E-state index is 13.2. The van der Waals surface area contributed by atoms with Crippen LogP contribution >= 0.6 is 0 Å². The van der Waals surface area contributed by atoms with Gasteiger partial charge in [0.1, 0.15) is 11.6 Å². The van der Waals surface area contributed by atoms with Gasteiger partial charge in [0.25, 0.3) is 0 Å². The van der Waals surface area contributed by atoms with Gasteiger partial charge in [0, 0.05) is 43.3 Å². The van der Waals surface area contributed by atoms with E-state index >= 15 is 0 Å². The molecule has 0 spiro atoms. The Kier molecular flexibility index (Phi) is 5.25. The van der Waals surface area contributed by atoms with E-state index in [1.54, 1.807) is 13.2 Å². The van der Waals surface area contributed by atoms with Gasteiger partial charge in [0.05, 0.1) is 12.8 Å². The predicted octanol–water partition coefficient (Wildman–Crippen LogP) is 3.73. The summed E-state index contributed by atoms with van der Waals surface area (Å²) in [4.78, 5) is 4.90. The van der Waals surface area contributed by atoms with E-state index in [0.717, 1.165) is 62.4 Å². The molecule has 1 aliphatic rings. The van der Waals surface area contributed by atoms with Gasteiger partial charge in [-0.05, 0) is 55.8 Å². The number of aryl methyl sites for hydroxylation is 1. The van der Waals surface area contributed by atoms with E-state index in [1.165, 1.54) is 17.8 Å². The van der Waals surface area contributed by atoms with Crippen LogP contribution < -0.4 is 9.64 Å². The molecule has 0 bridgehead atoms. The van der Waals surface area contributed by atoms with Crippen LogP contribution in [-0.4, -0.2) is 49.9 Å². The number of benzene rings is 2. The van der Waals surface area contributed by atoms with Gasteiger partial charge in [-0.3, -0.25) is 4.90 Å².